The van der Waals surface area contributed by atoms with Gasteiger partial charge in [-0.3, -0.25) is 4.79 Å². The smallest absolute Gasteiger partial charge is 0.181 e. The van der Waals surface area contributed by atoms with Gasteiger partial charge in [0.1, 0.15) is 11.5 Å². The van der Waals surface area contributed by atoms with Crippen molar-refractivity contribution in [2.75, 3.05) is 6.61 Å². The van der Waals surface area contributed by atoms with E-state index in [1.54, 1.807) is 6.07 Å². The van der Waals surface area contributed by atoms with Crippen molar-refractivity contribution in [2.45, 2.75) is 19.8 Å². The highest BCUT2D eigenvalue weighted by molar-refractivity contribution is 5.91. The Morgan fingerprint density at radius 1 is 1.75 bits per heavy atom. The summed E-state index contributed by atoms with van der Waals surface area (Å²) in [4.78, 5) is 10.8. The van der Waals surface area contributed by atoms with Crippen LogP contribution in [0.3, 0.4) is 0 Å². The van der Waals surface area contributed by atoms with Gasteiger partial charge >= 0.3 is 0 Å². The monoisotopic (exact) mass is 169 g/mol. The number of rotatable bonds is 4. The molecule has 0 atom stereocenters. The van der Waals surface area contributed by atoms with E-state index < -0.39 is 0 Å². The summed E-state index contributed by atoms with van der Waals surface area (Å²) in [6, 6.07) is 1.61. The molecule has 1 aromatic heterocycles. The number of ketones is 1. The van der Waals surface area contributed by atoms with Crippen LogP contribution >= 0.6 is 0 Å². The number of hydrogen-bond acceptors (Lipinski definition) is 4. The molecule has 1 aromatic rings. The molecule has 0 amide bonds. The number of aliphatic hydroxyl groups excluding tert-OH is 1. The minimum Gasteiger partial charge on any atom is -0.396 e. The van der Waals surface area contributed by atoms with Crippen molar-refractivity contribution in [1.82, 2.24) is 5.16 Å². The molecule has 66 valence electrons. The van der Waals surface area contributed by atoms with Gasteiger partial charge in [-0.05, 0) is 6.42 Å². The molecule has 4 nitrogen and oxygen atoms in total. The lowest BCUT2D eigenvalue weighted by atomic mass is 10.2. The maximum atomic E-state index is 10.8. The molecule has 1 rings (SSSR count). The zero-order chi connectivity index (χ0) is 8.97. The van der Waals surface area contributed by atoms with E-state index in [9.17, 15) is 4.79 Å². The quantitative estimate of drug-likeness (QED) is 0.677. The first-order valence-corrected chi connectivity index (χ1v) is 3.81. The lowest BCUT2D eigenvalue weighted by molar-refractivity contribution is 0.100. The van der Waals surface area contributed by atoms with Gasteiger partial charge < -0.3 is 9.63 Å². The van der Waals surface area contributed by atoms with Crippen molar-refractivity contribution in [1.29, 1.82) is 0 Å². The fourth-order valence-electron chi connectivity index (χ4n) is 0.850. The van der Waals surface area contributed by atoms with Crippen molar-refractivity contribution in [3.8, 4) is 0 Å². The molecule has 1 N–H and O–H groups in total. The third kappa shape index (κ3) is 2.17. The molecule has 4 heteroatoms. The van der Waals surface area contributed by atoms with Gasteiger partial charge in [-0.25, -0.2) is 0 Å². The Bertz CT molecular complexity index is 267. The van der Waals surface area contributed by atoms with Crippen molar-refractivity contribution in [3.05, 3.63) is 17.5 Å². The standard InChI is InChI=1S/C8H11NO3/c1-6(11)8-5-7(12-9-8)3-2-4-10/h5,10H,2-4H2,1H3. The largest absolute Gasteiger partial charge is 0.396 e. The van der Waals surface area contributed by atoms with Crippen LogP contribution in [0.5, 0.6) is 0 Å². The molecule has 12 heavy (non-hydrogen) atoms. The highest BCUT2D eigenvalue weighted by Crippen LogP contribution is 2.06. The maximum absolute atomic E-state index is 10.8. The van der Waals surface area contributed by atoms with Crippen LogP contribution in [0.15, 0.2) is 10.6 Å². The number of aryl methyl sites for hydroxylation is 1. The Morgan fingerprint density at radius 2 is 2.50 bits per heavy atom. The third-order valence-corrected chi connectivity index (χ3v) is 1.50. The fourth-order valence-corrected chi connectivity index (χ4v) is 0.850. The highest BCUT2D eigenvalue weighted by atomic mass is 16.5. The summed E-state index contributed by atoms with van der Waals surface area (Å²) in [5.74, 6) is 0.545. The summed E-state index contributed by atoms with van der Waals surface area (Å²) in [5, 5.41) is 12.1. The Kier molecular flexibility index (Phi) is 2.99. The van der Waals surface area contributed by atoms with E-state index >= 15 is 0 Å². The summed E-state index contributed by atoms with van der Waals surface area (Å²) in [6.45, 7) is 1.56. The van der Waals surface area contributed by atoms with E-state index in [2.05, 4.69) is 5.16 Å². The third-order valence-electron chi connectivity index (χ3n) is 1.50. The van der Waals surface area contributed by atoms with Gasteiger partial charge in [0.05, 0.1) is 0 Å². The van der Waals surface area contributed by atoms with Crippen molar-refractivity contribution in [3.63, 3.8) is 0 Å². The van der Waals surface area contributed by atoms with E-state index in [0.29, 0.717) is 24.3 Å². The number of aliphatic hydroxyl groups is 1. The molecule has 0 aliphatic heterocycles. The first kappa shape index (κ1) is 8.93. The van der Waals surface area contributed by atoms with Crippen LogP contribution in [0, 0.1) is 0 Å². The second-order valence-corrected chi connectivity index (χ2v) is 2.56. The van der Waals surface area contributed by atoms with Crippen LogP contribution in [0.4, 0.5) is 0 Å². The average Bonchev–Trinajstić information content (AvgIpc) is 2.48. The zero-order valence-corrected chi connectivity index (χ0v) is 6.91. The molecule has 1 heterocycles. The van der Waals surface area contributed by atoms with E-state index in [1.807, 2.05) is 0 Å². The molecular formula is C8H11NO3. The Balaban J connectivity index is 2.58. The highest BCUT2D eigenvalue weighted by Gasteiger charge is 2.06. The minimum atomic E-state index is -0.103. The fraction of sp³-hybridized carbons (Fsp3) is 0.500. The summed E-state index contributed by atoms with van der Waals surface area (Å²) < 4.78 is 4.85. The van der Waals surface area contributed by atoms with E-state index in [4.69, 9.17) is 9.63 Å². The zero-order valence-electron chi connectivity index (χ0n) is 6.91. The topological polar surface area (TPSA) is 63.3 Å². The van der Waals surface area contributed by atoms with Gasteiger partial charge in [0.2, 0.25) is 0 Å². The molecule has 0 saturated heterocycles. The summed E-state index contributed by atoms with van der Waals surface area (Å²) in [6.07, 6.45) is 1.25. The average molecular weight is 169 g/mol. The van der Waals surface area contributed by atoms with E-state index in [0.717, 1.165) is 0 Å². The number of aromatic nitrogens is 1. The SMILES string of the molecule is CC(=O)c1cc(CCCO)on1. The summed E-state index contributed by atoms with van der Waals surface area (Å²) in [5.41, 5.74) is 0.350. The van der Waals surface area contributed by atoms with Gasteiger partial charge in [-0.2, -0.15) is 0 Å². The number of Topliss-reactive ketones (excluding diaryl/α,β-unsaturated/α-hetero) is 1. The predicted molar refractivity (Wildman–Crippen MR) is 41.9 cm³/mol. The summed E-state index contributed by atoms with van der Waals surface area (Å²) >= 11 is 0. The Morgan fingerprint density at radius 3 is 3.00 bits per heavy atom. The molecule has 0 aromatic carbocycles. The van der Waals surface area contributed by atoms with Gasteiger partial charge in [-0.15, -0.1) is 0 Å². The molecule has 0 radical (unpaired) electrons. The molecule has 0 bridgehead atoms. The van der Waals surface area contributed by atoms with Crippen LogP contribution in [0.2, 0.25) is 0 Å². The van der Waals surface area contributed by atoms with Gasteiger partial charge in [0, 0.05) is 26.0 Å². The van der Waals surface area contributed by atoms with Gasteiger partial charge in [0.15, 0.2) is 5.78 Å². The Labute approximate surface area is 70.2 Å². The second kappa shape index (κ2) is 4.01. The van der Waals surface area contributed by atoms with Crippen LogP contribution in [0.1, 0.15) is 29.6 Å². The Hall–Kier alpha value is -1.16. The maximum Gasteiger partial charge on any atom is 0.181 e. The van der Waals surface area contributed by atoms with Gasteiger partial charge in [-0.1, -0.05) is 5.16 Å². The molecule has 0 aliphatic carbocycles. The van der Waals surface area contributed by atoms with Crippen LogP contribution in [-0.4, -0.2) is 22.7 Å². The predicted octanol–water partition coefficient (Wildman–Crippen LogP) is 0.802. The first-order valence-electron chi connectivity index (χ1n) is 3.81. The molecule has 0 fully saturated rings. The van der Waals surface area contributed by atoms with Crippen molar-refractivity contribution in [2.24, 2.45) is 0 Å². The normalized spacial score (nSPS) is 10.2. The first-order chi connectivity index (χ1) is 5.74. The number of carbonyl (C=O) groups is 1. The van der Waals surface area contributed by atoms with Crippen LogP contribution < -0.4 is 0 Å². The molecule has 0 spiro atoms. The minimum absolute atomic E-state index is 0.103. The molecular weight excluding hydrogens is 158 g/mol. The van der Waals surface area contributed by atoms with Crippen molar-refractivity contribution >= 4 is 5.78 Å². The second-order valence-electron chi connectivity index (χ2n) is 2.56. The van der Waals surface area contributed by atoms with E-state index in [1.165, 1.54) is 6.92 Å². The number of nitrogens with zero attached hydrogens (tertiary/aromatic N) is 1. The van der Waals surface area contributed by atoms with E-state index in [-0.39, 0.29) is 12.4 Å². The molecule has 0 unspecified atom stereocenters. The van der Waals surface area contributed by atoms with Crippen molar-refractivity contribution < 1.29 is 14.4 Å². The number of hydrogen-bond donors (Lipinski definition) is 1. The molecule has 0 saturated carbocycles. The molecule has 0 aliphatic rings. The summed E-state index contributed by atoms with van der Waals surface area (Å²) in [7, 11) is 0. The lowest BCUT2D eigenvalue weighted by Gasteiger charge is -1.88. The van der Waals surface area contributed by atoms with Gasteiger partial charge in [0.25, 0.3) is 0 Å². The lowest BCUT2D eigenvalue weighted by Crippen LogP contribution is -1.90. The van der Waals surface area contributed by atoms with Crippen LogP contribution in [-0.2, 0) is 6.42 Å². The van der Waals surface area contributed by atoms with Crippen LogP contribution in [0.25, 0.3) is 0 Å². The number of carbonyl (C=O) groups excluding carboxylic acids is 1.